The Bertz CT molecular complexity index is 856. The zero-order chi connectivity index (χ0) is 17.9. The Morgan fingerprint density at radius 1 is 0.923 bits per heavy atom. The predicted molar refractivity (Wildman–Crippen MR) is 109 cm³/mol. The van der Waals surface area contributed by atoms with E-state index >= 15 is 0 Å². The van der Waals surface area contributed by atoms with E-state index in [1.165, 1.54) is 0 Å². The van der Waals surface area contributed by atoms with E-state index in [2.05, 4.69) is 20.2 Å². The van der Waals surface area contributed by atoms with Crippen molar-refractivity contribution in [1.82, 2.24) is 14.9 Å². The number of rotatable bonds is 4. The molecule has 0 atom stereocenters. The molecule has 1 aliphatic heterocycles. The zero-order valence-electron chi connectivity index (χ0n) is 14.1. The van der Waals surface area contributed by atoms with Gasteiger partial charge in [0.25, 0.3) is 0 Å². The van der Waals surface area contributed by atoms with Crippen LogP contribution < -0.4 is 4.90 Å². The first kappa shape index (κ1) is 17.7. The van der Waals surface area contributed by atoms with Crippen molar-refractivity contribution in [3.8, 4) is 10.6 Å². The number of piperazine rings is 1. The van der Waals surface area contributed by atoms with Crippen LogP contribution in [0.3, 0.4) is 0 Å². The molecule has 0 N–H and O–H groups in total. The lowest BCUT2D eigenvalue weighted by Crippen LogP contribution is -2.46. The van der Waals surface area contributed by atoms with E-state index in [0.29, 0.717) is 5.02 Å². The van der Waals surface area contributed by atoms with Gasteiger partial charge in [-0.05, 0) is 24.3 Å². The molecule has 3 aromatic rings. The first-order chi connectivity index (χ1) is 12.7. The monoisotopic (exact) mass is 404 g/mol. The number of halogens is 2. The number of benzene rings is 1. The summed E-state index contributed by atoms with van der Waals surface area (Å²) in [4.78, 5) is 13.9. The molecule has 1 aliphatic rings. The summed E-state index contributed by atoms with van der Waals surface area (Å²) < 4.78 is 0. The summed E-state index contributed by atoms with van der Waals surface area (Å²) in [6.45, 7) is 4.80. The summed E-state index contributed by atoms with van der Waals surface area (Å²) in [5, 5.41) is 4.61. The van der Waals surface area contributed by atoms with Crippen molar-refractivity contribution in [2.45, 2.75) is 6.54 Å². The minimum absolute atomic E-state index is 0.674. The van der Waals surface area contributed by atoms with E-state index in [1.54, 1.807) is 17.5 Å². The smallest absolute Gasteiger partial charge is 0.128 e. The van der Waals surface area contributed by atoms with Crippen molar-refractivity contribution in [3.05, 3.63) is 63.7 Å². The Morgan fingerprint density at radius 3 is 2.35 bits per heavy atom. The molecular weight excluding hydrogens is 387 g/mol. The zero-order valence-corrected chi connectivity index (χ0v) is 16.4. The summed E-state index contributed by atoms with van der Waals surface area (Å²) in [7, 11) is 0. The van der Waals surface area contributed by atoms with E-state index in [0.717, 1.165) is 59.8 Å². The first-order valence-corrected chi connectivity index (χ1v) is 10.1. The second-order valence-corrected chi connectivity index (χ2v) is 7.98. The van der Waals surface area contributed by atoms with Crippen LogP contribution in [0.5, 0.6) is 0 Å². The van der Waals surface area contributed by atoms with Crippen molar-refractivity contribution in [2.75, 3.05) is 31.1 Å². The van der Waals surface area contributed by atoms with Crippen LogP contribution in [0, 0.1) is 0 Å². The molecule has 1 aromatic carbocycles. The van der Waals surface area contributed by atoms with Gasteiger partial charge in [0.15, 0.2) is 0 Å². The fourth-order valence-electron chi connectivity index (χ4n) is 3.02. The fourth-order valence-corrected chi connectivity index (χ4v) is 4.08. The maximum atomic E-state index is 5.96. The maximum Gasteiger partial charge on any atom is 0.128 e. The Kier molecular flexibility index (Phi) is 5.41. The summed E-state index contributed by atoms with van der Waals surface area (Å²) in [5.41, 5.74) is 2.24. The van der Waals surface area contributed by atoms with Gasteiger partial charge in [0.05, 0.1) is 10.7 Å². The van der Waals surface area contributed by atoms with Gasteiger partial charge in [0, 0.05) is 54.9 Å². The van der Waals surface area contributed by atoms with E-state index in [9.17, 15) is 0 Å². The number of anilines is 1. The molecule has 0 saturated carbocycles. The van der Waals surface area contributed by atoms with Crippen molar-refractivity contribution >= 4 is 40.4 Å². The van der Waals surface area contributed by atoms with Crippen LogP contribution in [0.4, 0.5) is 5.82 Å². The Balaban J connectivity index is 1.34. The molecule has 0 radical (unpaired) electrons. The van der Waals surface area contributed by atoms with Crippen molar-refractivity contribution in [3.63, 3.8) is 0 Å². The molecule has 4 rings (SSSR count). The van der Waals surface area contributed by atoms with Crippen molar-refractivity contribution in [1.29, 1.82) is 0 Å². The van der Waals surface area contributed by atoms with E-state index in [-0.39, 0.29) is 0 Å². The first-order valence-electron chi connectivity index (χ1n) is 8.46. The third-order valence-electron chi connectivity index (χ3n) is 4.44. The van der Waals surface area contributed by atoms with Crippen LogP contribution in [0.15, 0.2) is 48.0 Å². The van der Waals surface area contributed by atoms with E-state index in [4.69, 9.17) is 28.2 Å². The predicted octanol–water partition coefficient (Wildman–Crippen LogP) is 4.83. The lowest BCUT2D eigenvalue weighted by Gasteiger charge is -2.35. The van der Waals surface area contributed by atoms with Gasteiger partial charge < -0.3 is 4.90 Å². The molecule has 2 aromatic heterocycles. The molecule has 0 aliphatic carbocycles. The molecule has 3 heterocycles. The number of thiazole rings is 1. The molecule has 0 bridgehead atoms. The van der Waals surface area contributed by atoms with Gasteiger partial charge in [-0.15, -0.1) is 11.3 Å². The molecule has 26 heavy (non-hydrogen) atoms. The van der Waals surface area contributed by atoms with Gasteiger partial charge in [0.1, 0.15) is 10.8 Å². The molecule has 4 nitrogen and oxygen atoms in total. The Hall–Kier alpha value is -1.66. The van der Waals surface area contributed by atoms with Gasteiger partial charge in [0.2, 0.25) is 0 Å². The maximum absolute atomic E-state index is 5.96. The van der Waals surface area contributed by atoms with Crippen LogP contribution in [-0.2, 0) is 6.54 Å². The van der Waals surface area contributed by atoms with Crippen molar-refractivity contribution < 1.29 is 0 Å². The second-order valence-electron chi connectivity index (χ2n) is 6.25. The van der Waals surface area contributed by atoms with Gasteiger partial charge in [-0.2, -0.15) is 0 Å². The summed E-state index contributed by atoms with van der Waals surface area (Å²) in [6, 6.07) is 11.7. The van der Waals surface area contributed by atoms with Gasteiger partial charge in [-0.25, -0.2) is 9.97 Å². The highest BCUT2D eigenvalue weighted by Crippen LogP contribution is 2.26. The molecule has 1 fully saturated rings. The highest BCUT2D eigenvalue weighted by atomic mass is 35.5. The molecule has 134 valence electrons. The lowest BCUT2D eigenvalue weighted by atomic mass is 10.2. The molecular formula is C19H18Cl2N4S. The summed E-state index contributed by atoms with van der Waals surface area (Å²) in [6.07, 6.45) is 1.71. The second kappa shape index (κ2) is 7.92. The number of aromatic nitrogens is 2. The molecule has 7 heteroatoms. The normalized spacial score (nSPS) is 15.4. The minimum Gasteiger partial charge on any atom is -0.354 e. The molecule has 0 amide bonds. The van der Waals surface area contributed by atoms with Gasteiger partial charge in [-0.1, -0.05) is 35.3 Å². The quantitative estimate of drug-likeness (QED) is 0.622. The van der Waals surface area contributed by atoms with E-state index in [1.807, 2.05) is 36.4 Å². The molecule has 0 unspecified atom stereocenters. The third-order valence-corrected chi connectivity index (χ3v) is 5.85. The average molecular weight is 405 g/mol. The fraction of sp³-hybridized carbons (Fsp3) is 0.263. The van der Waals surface area contributed by atoms with Crippen LogP contribution in [-0.4, -0.2) is 41.0 Å². The number of hydrogen-bond donors (Lipinski definition) is 0. The summed E-state index contributed by atoms with van der Waals surface area (Å²) >= 11 is 13.6. The highest BCUT2D eigenvalue weighted by molar-refractivity contribution is 7.13. The third kappa shape index (κ3) is 4.18. The number of hydrogen-bond acceptors (Lipinski definition) is 5. The van der Waals surface area contributed by atoms with Crippen LogP contribution >= 0.6 is 34.5 Å². The Morgan fingerprint density at radius 2 is 1.65 bits per heavy atom. The van der Waals surface area contributed by atoms with Crippen LogP contribution in [0.2, 0.25) is 10.0 Å². The molecule has 0 spiro atoms. The molecule has 1 saturated heterocycles. The minimum atomic E-state index is 0.674. The average Bonchev–Trinajstić information content (AvgIpc) is 3.12. The Labute approximate surface area is 167 Å². The van der Waals surface area contributed by atoms with Crippen LogP contribution in [0.1, 0.15) is 5.69 Å². The number of nitrogens with zero attached hydrogens (tertiary/aromatic N) is 4. The highest BCUT2D eigenvalue weighted by Gasteiger charge is 2.19. The standard InChI is InChI=1S/C19H18Cl2N4S/c20-15-3-1-14(2-4-15)19-23-17(13-26-19)12-24-7-9-25(10-8-24)18-6-5-16(21)11-22-18/h1-6,11,13H,7-10,12H2. The number of pyridine rings is 1. The SMILES string of the molecule is Clc1ccc(-c2nc(CN3CCN(c4ccc(Cl)cn4)CC3)cs2)cc1. The van der Waals surface area contributed by atoms with Crippen LogP contribution in [0.25, 0.3) is 10.6 Å². The van der Waals surface area contributed by atoms with Gasteiger partial charge >= 0.3 is 0 Å². The van der Waals surface area contributed by atoms with Gasteiger partial charge in [-0.3, -0.25) is 4.90 Å². The lowest BCUT2D eigenvalue weighted by molar-refractivity contribution is 0.247. The summed E-state index contributed by atoms with van der Waals surface area (Å²) in [5.74, 6) is 0.993. The topological polar surface area (TPSA) is 32.3 Å². The van der Waals surface area contributed by atoms with E-state index < -0.39 is 0 Å². The largest absolute Gasteiger partial charge is 0.354 e. The van der Waals surface area contributed by atoms with Crippen molar-refractivity contribution in [2.24, 2.45) is 0 Å².